The molecular formula is C36H37FN2O2. The van der Waals surface area contributed by atoms with E-state index < -0.39 is 0 Å². The van der Waals surface area contributed by atoms with Crippen molar-refractivity contribution in [1.82, 2.24) is 9.88 Å². The SMILES string of the molecule is CC(=O)[C@@H]1CCCCN1Cc1cc(C)c(/C=C/c2cccc(-c3ccccc3)c2C)cc1OCc1cncc(F)c1. The third-order valence-corrected chi connectivity index (χ3v) is 7.96. The van der Waals surface area contributed by atoms with E-state index in [1.54, 1.807) is 13.1 Å². The van der Waals surface area contributed by atoms with Gasteiger partial charge in [0.25, 0.3) is 0 Å². The number of carbonyl (C=O) groups is 1. The molecule has 0 bridgehead atoms. The first-order valence-corrected chi connectivity index (χ1v) is 14.3. The Labute approximate surface area is 242 Å². The van der Waals surface area contributed by atoms with Crippen molar-refractivity contribution in [1.29, 1.82) is 0 Å². The molecule has 1 atom stereocenters. The maximum Gasteiger partial charge on any atom is 0.146 e. The number of ether oxygens (including phenoxy) is 1. The maximum absolute atomic E-state index is 13.8. The van der Waals surface area contributed by atoms with Gasteiger partial charge in [-0.2, -0.15) is 0 Å². The first kappa shape index (κ1) is 28.4. The predicted molar refractivity (Wildman–Crippen MR) is 164 cm³/mol. The number of aromatic nitrogens is 1. The predicted octanol–water partition coefficient (Wildman–Crippen LogP) is 8.20. The lowest BCUT2D eigenvalue weighted by atomic mass is 9.95. The highest BCUT2D eigenvalue weighted by molar-refractivity contribution is 5.81. The van der Waals surface area contributed by atoms with Crippen molar-refractivity contribution < 1.29 is 13.9 Å². The minimum absolute atomic E-state index is 0.0660. The lowest BCUT2D eigenvalue weighted by Crippen LogP contribution is -2.43. The summed E-state index contributed by atoms with van der Waals surface area (Å²) in [6, 6.07) is 22.4. The molecular weight excluding hydrogens is 511 g/mol. The van der Waals surface area contributed by atoms with Crippen LogP contribution in [0.3, 0.4) is 0 Å². The van der Waals surface area contributed by atoms with E-state index in [1.807, 2.05) is 6.07 Å². The van der Waals surface area contributed by atoms with Crippen molar-refractivity contribution >= 4 is 17.9 Å². The van der Waals surface area contributed by atoms with Gasteiger partial charge in [0.1, 0.15) is 24.0 Å². The zero-order chi connectivity index (χ0) is 28.8. The summed E-state index contributed by atoms with van der Waals surface area (Å²) in [5.41, 5.74) is 8.66. The quantitative estimate of drug-likeness (QED) is 0.198. The van der Waals surface area contributed by atoms with E-state index in [1.165, 1.54) is 29.0 Å². The van der Waals surface area contributed by atoms with E-state index >= 15 is 0 Å². The van der Waals surface area contributed by atoms with Crippen LogP contribution in [-0.2, 0) is 17.9 Å². The Morgan fingerprint density at radius 2 is 1.80 bits per heavy atom. The Bertz CT molecular complexity index is 1550. The van der Waals surface area contributed by atoms with Crippen LogP contribution in [0.1, 0.15) is 59.6 Å². The summed E-state index contributed by atoms with van der Waals surface area (Å²) in [5.74, 6) is 0.564. The Morgan fingerprint density at radius 1 is 1.00 bits per heavy atom. The van der Waals surface area contributed by atoms with Gasteiger partial charge in [-0.1, -0.05) is 73.2 Å². The Kier molecular flexibility index (Phi) is 9.05. The van der Waals surface area contributed by atoms with Crippen molar-refractivity contribution in [2.45, 2.75) is 59.2 Å². The number of halogens is 1. The van der Waals surface area contributed by atoms with Crippen LogP contribution in [0.5, 0.6) is 5.75 Å². The van der Waals surface area contributed by atoms with Crippen LogP contribution < -0.4 is 4.74 Å². The number of benzene rings is 3. The van der Waals surface area contributed by atoms with E-state index in [-0.39, 0.29) is 24.2 Å². The number of piperidine rings is 1. The number of hydrogen-bond donors (Lipinski definition) is 0. The van der Waals surface area contributed by atoms with Gasteiger partial charge >= 0.3 is 0 Å². The summed E-state index contributed by atoms with van der Waals surface area (Å²) in [5, 5.41) is 0. The average Bonchev–Trinajstić information content (AvgIpc) is 2.97. The largest absolute Gasteiger partial charge is 0.488 e. The molecule has 41 heavy (non-hydrogen) atoms. The Morgan fingerprint density at radius 3 is 2.59 bits per heavy atom. The van der Waals surface area contributed by atoms with E-state index in [0.717, 1.165) is 53.8 Å². The minimum atomic E-state index is -0.385. The van der Waals surface area contributed by atoms with Crippen molar-refractivity contribution in [2.75, 3.05) is 6.54 Å². The molecule has 3 aromatic carbocycles. The molecule has 0 amide bonds. The first-order valence-electron chi connectivity index (χ1n) is 14.3. The van der Waals surface area contributed by atoms with E-state index in [4.69, 9.17) is 4.74 Å². The molecule has 1 fully saturated rings. The standard InChI is InChI=1S/C36H37FN2O2/c1-25-18-32(23-39-17-8-7-14-35(39)27(3)40)36(41-24-28-19-33(37)22-38-21-28)20-31(25)16-15-29-12-9-13-34(26(29)2)30-10-5-4-6-11-30/h4-6,9-13,15-16,18-22,35H,7-8,14,17,23-24H2,1-3H3/b16-15+/t35-/m0/s1. The molecule has 0 spiro atoms. The molecule has 2 heterocycles. The molecule has 0 aliphatic carbocycles. The van der Waals surface area contributed by atoms with Crippen molar-refractivity contribution in [3.8, 4) is 16.9 Å². The number of aryl methyl sites for hydroxylation is 1. The topological polar surface area (TPSA) is 42.4 Å². The van der Waals surface area contributed by atoms with Crippen LogP contribution in [-0.4, -0.2) is 28.3 Å². The van der Waals surface area contributed by atoms with Gasteiger partial charge in [-0.25, -0.2) is 4.39 Å². The van der Waals surface area contributed by atoms with Crippen LogP contribution in [0, 0.1) is 19.7 Å². The van der Waals surface area contributed by atoms with Crippen LogP contribution >= 0.6 is 0 Å². The zero-order valence-electron chi connectivity index (χ0n) is 24.1. The van der Waals surface area contributed by atoms with Crippen LogP contribution in [0.25, 0.3) is 23.3 Å². The fourth-order valence-corrected chi connectivity index (χ4v) is 5.70. The van der Waals surface area contributed by atoms with Gasteiger partial charge in [-0.05, 0) is 85.7 Å². The molecule has 0 N–H and O–H groups in total. The number of nitrogens with zero attached hydrogens (tertiary/aromatic N) is 2. The monoisotopic (exact) mass is 548 g/mol. The molecule has 1 saturated heterocycles. The number of ketones is 1. The molecule has 210 valence electrons. The molecule has 0 unspecified atom stereocenters. The zero-order valence-corrected chi connectivity index (χ0v) is 24.1. The van der Waals surface area contributed by atoms with Crippen LogP contribution in [0.15, 0.2) is 79.1 Å². The molecule has 5 heteroatoms. The minimum Gasteiger partial charge on any atom is -0.488 e. The van der Waals surface area contributed by atoms with Gasteiger partial charge in [0.15, 0.2) is 0 Å². The second kappa shape index (κ2) is 13.0. The fraction of sp³-hybridized carbons (Fsp3) is 0.278. The molecule has 0 saturated carbocycles. The fourth-order valence-electron chi connectivity index (χ4n) is 5.70. The van der Waals surface area contributed by atoms with Gasteiger partial charge in [0.05, 0.1) is 12.2 Å². The summed E-state index contributed by atoms with van der Waals surface area (Å²) in [7, 11) is 0. The summed E-state index contributed by atoms with van der Waals surface area (Å²) < 4.78 is 20.1. The number of likely N-dealkylation sites (tertiary alicyclic amines) is 1. The van der Waals surface area contributed by atoms with Gasteiger partial charge in [0.2, 0.25) is 0 Å². The molecule has 1 aliphatic heterocycles. The highest BCUT2D eigenvalue weighted by Gasteiger charge is 2.27. The molecule has 5 rings (SSSR count). The summed E-state index contributed by atoms with van der Waals surface area (Å²) in [6.07, 6.45) is 10.1. The second-order valence-corrected chi connectivity index (χ2v) is 10.9. The van der Waals surface area contributed by atoms with Crippen molar-refractivity contribution in [3.63, 3.8) is 0 Å². The average molecular weight is 549 g/mol. The number of Topliss-reactive ketones (excluding diaryl/α,β-unsaturated/α-hetero) is 1. The first-order chi connectivity index (χ1) is 19.9. The Balaban J connectivity index is 1.46. The van der Waals surface area contributed by atoms with Gasteiger partial charge < -0.3 is 4.74 Å². The summed E-state index contributed by atoms with van der Waals surface area (Å²) >= 11 is 0. The van der Waals surface area contributed by atoms with Crippen LogP contribution in [0.4, 0.5) is 4.39 Å². The highest BCUT2D eigenvalue weighted by Crippen LogP contribution is 2.31. The van der Waals surface area contributed by atoms with Gasteiger partial charge in [-0.3, -0.25) is 14.7 Å². The number of carbonyl (C=O) groups excluding carboxylic acids is 1. The number of hydrogen-bond acceptors (Lipinski definition) is 4. The number of rotatable bonds is 9. The summed E-state index contributed by atoms with van der Waals surface area (Å²) in [4.78, 5) is 18.6. The van der Waals surface area contributed by atoms with Gasteiger partial charge in [-0.15, -0.1) is 0 Å². The summed E-state index contributed by atoms with van der Waals surface area (Å²) in [6.45, 7) is 7.67. The Hall–Kier alpha value is -4.09. The lowest BCUT2D eigenvalue weighted by Gasteiger charge is -2.34. The third kappa shape index (κ3) is 6.98. The van der Waals surface area contributed by atoms with Crippen molar-refractivity contribution in [3.05, 3.63) is 118 Å². The molecule has 1 aromatic heterocycles. The number of pyridine rings is 1. The van der Waals surface area contributed by atoms with Gasteiger partial charge in [0, 0.05) is 23.9 Å². The highest BCUT2D eigenvalue weighted by atomic mass is 19.1. The molecule has 1 aliphatic rings. The van der Waals surface area contributed by atoms with Crippen molar-refractivity contribution in [2.24, 2.45) is 0 Å². The molecule has 0 radical (unpaired) electrons. The smallest absolute Gasteiger partial charge is 0.146 e. The normalized spacial score (nSPS) is 15.8. The molecule has 4 nitrogen and oxygen atoms in total. The van der Waals surface area contributed by atoms with E-state index in [2.05, 4.69) is 90.5 Å². The second-order valence-electron chi connectivity index (χ2n) is 10.9. The van der Waals surface area contributed by atoms with E-state index in [0.29, 0.717) is 12.1 Å². The van der Waals surface area contributed by atoms with Crippen LogP contribution in [0.2, 0.25) is 0 Å². The maximum atomic E-state index is 13.8. The lowest BCUT2D eigenvalue weighted by molar-refractivity contribution is -0.123. The third-order valence-electron chi connectivity index (χ3n) is 7.96. The molecule has 4 aromatic rings. The van der Waals surface area contributed by atoms with E-state index in [9.17, 15) is 9.18 Å².